The Morgan fingerprint density at radius 1 is 1.50 bits per heavy atom. The summed E-state index contributed by atoms with van der Waals surface area (Å²) in [6.45, 7) is 0. The monoisotopic (exact) mass is 206 g/mol. The van der Waals surface area contributed by atoms with Crippen LogP contribution in [0.4, 0.5) is 0 Å². The van der Waals surface area contributed by atoms with Gasteiger partial charge in [0.15, 0.2) is 0 Å². The van der Waals surface area contributed by atoms with Crippen molar-refractivity contribution in [2.24, 2.45) is 0 Å². The predicted molar refractivity (Wildman–Crippen MR) is 31.5 cm³/mol. The van der Waals surface area contributed by atoms with Gasteiger partial charge in [-0.15, -0.1) is 0 Å². The molecular weight excluding hydrogens is 200 g/mol. The molecular formula is C3H7Cl2CuNO. The molecule has 0 aliphatic heterocycles. The van der Waals surface area contributed by atoms with Crippen LogP contribution in [0.15, 0.2) is 0 Å². The Bertz CT molecular complexity index is 52.5. The molecule has 0 N–H and O–H groups in total. The van der Waals surface area contributed by atoms with E-state index in [9.17, 15) is 4.79 Å². The van der Waals surface area contributed by atoms with Crippen molar-refractivity contribution in [3.05, 3.63) is 0 Å². The molecule has 1 amide bonds. The molecule has 5 heteroatoms. The average molecular weight is 208 g/mol. The quantitative estimate of drug-likeness (QED) is 0.466. The first-order valence-electron chi connectivity index (χ1n) is 1.62. The van der Waals surface area contributed by atoms with E-state index in [2.05, 4.69) is 20.2 Å². The molecule has 0 spiro atoms. The molecule has 0 radical (unpaired) electrons. The second kappa shape index (κ2) is 10.5. The van der Waals surface area contributed by atoms with Crippen LogP contribution in [-0.2, 0) is 17.9 Å². The molecule has 0 heterocycles. The van der Waals surface area contributed by atoms with Crippen LogP contribution in [0.25, 0.3) is 0 Å². The molecule has 0 aliphatic rings. The Balaban J connectivity index is 0. The molecule has 0 aromatic heterocycles. The number of hydrogen-bond acceptors (Lipinski definition) is 1. The molecule has 0 fully saturated rings. The van der Waals surface area contributed by atoms with Crippen LogP contribution in [-0.4, -0.2) is 25.4 Å². The standard InChI is InChI=1S/C3H7NO.2ClH.Cu/c1-4(2)3-5;;;/h3H,1-2H3;2*1H;/q;;;+2/p-2. The van der Waals surface area contributed by atoms with E-state index in [1.54, 1.807) is 14.1 Å². The summed E-state index contributed by atoms with van der Waals surface area (Å²) in [4.78, 5) is 10.9. The number of halogens is 2. The van der Waals surface area contributed by atoms with Gasteiger partial charge < -0.3 is 4.90 Å². The van der Waals surface area contributed by atoms with Crippen molar-refractivity contribution in [2.45, 2.75) is 0 Å². The normalized spacial score (nSPS) is 7.00. The number of carbonyl (C=O) groups is 1. The summed E-state index contributed by atoms with van der Waals surface area (Å²) in [7, 11) is 12.7. The van der Waals surface area contributed by atoms with Crippen LogP contribution in [0.5, 0.6) is 0 Å². The number of carbonyl (C=O) groups excluding carboxylic acids is 1. The summed E-state index contributed by atoms with van der Waals surface area (Å²) in [5, 5.41) is 0. The van der Waals surface area contributed by atoms with Crippen molar-refractivity contribution < 1.29 is 17.9 Å². The molecule has 55 valence electrons. The molecule has 0 unspecified atom stereocenters. The van der Waals surface area contributed by atoms with E-state index < -0.39 is 0 Å². The summed E-state index contributed by atoms with van der Waals surface area (Å²) >= 11 is 0.757. The molecule has 0 atom stereocenters. The van der Waals surface area contributed by atoms with E-state index in [4.69, 9.17) is 0 Å². The second-order valence-electron chi connectivity index (χ2n) is 1.11. The van der Waals surface area contributed by atoms with E-state index in [0.29, 0.717) is 0 Å². The first kappa shape index (κ1) is 11.4. The maximum atomic E-state index is 9.43. The fourth-order valence-corrected chi connectivity index (χ4v) is 0. The van der Waals surface area contributed by atoms with Crippen molar-refractivity contribution in [3.8, 4) is 0 Å². The minimum atomic E-state index is 0.750. The third-order valence-electron chi connectivity index (χ3n) is 0.211. The van der Waals surface area contributed by atoms with Crippen molar-refractivity contribution >= 4 is 26.6 Å². The molecule has 0 aliphatic carbocycles. The van der Waals surface area contributed by atoms with E-state index in [0.717, 1.165) is 19.5 Å². The Labute approximate surface area is 63.7 Å². The Kier molecular flexibility index (Phi) is 15.0. The number of nitrogens with zero attached hydrogens (tertiary/aromatic N) is 1. The van der Waals surface area contributed by atoms with Gasteiger partial charge in [0, 0.05) is 14.1 Å². The number of rotatable bonds is 1. The first-order valence-corrected chi connectivity index (χ1v) is 4.21. The van der Waals surface area contributed by atoms with Crippen molar-refractivity contribution in [1.29, 1.82) is 0 Å². The fourth-order valence-electron chi connectivity index (χ4n) is 0. The molecule has 2 nitrogen and oxygen atoms in total. The third-order valence-corrected chi connectivity index (χ3v) is 0.211. The van der Waals surface area contributed by atoms with Gasteiger partial charge in [0.1, 0.15) is 0 Å². The maximum absolute atomic E-state index is 9.43. The predicted octanol–water partition coefficient (Wildman–Crippen LogP) is 1.08. The van der Waals surface area contributed by atoms with Crippen molar-refractivity contribution in [3.63, 3.8) is 0 Å². The van der Waals surface area contributed by atoms with E-state index in [-0.39, 0.29) is 0 Å². The summed E-state index contributed by atoms with van der Waals surface area (Å²) in [5.74, 6) is 0. The van der Waals surface area contributed by atoms with Crippen LogP contribution in [0.1, 0.15) is 0 Å². The Morgan fingerprint density at radius 3 is 1.62 bits per heavy atom. The van der Waals surface area contributed by atoms with Crippen LogP contribution < -0.4 is 0 Å². The van der Waals surface area contributed by atoms with Gasteiger partial charge in [0.25, 0.3) is 0 Å². The SMILES string of the molecule is CN(C)C=O.[Cl][Cu][Cl]. The Morgan fingerprint density at radius 2 is 1.62 bits per heavy atom. The van der Waals surface area contributed by atoms with Crippen molar-refractivity contribution in [1.82, 2.24) is 4.90 Å². The molecule has 0 rings (SSSR count). The zero-order valence-corrected chi connectivity index (χ0v) is 6.94. The molecule has 0 bridgehead atoms. The average Bonchev–Trinajstić information content (AvgIpc) is 1.69. The summed E-state index contributed by atoms with van der Waals surface area (Å²) in [6, 6.07) is 0. The van der Waals surface area contributed by atoms with Gasteiger partial charge in [-0.25, -0.2) is 0 Å². The van der Waals surface area contributed by atoms with Gasteiger partial charge in [0.2, 0.25) is 6.41 Å². The first-order chi connectivity index (χ1) is 3.68. The number of hydrogen-bond donors (Lipinski definition) is 0. The van der Waals surface area contributed by atoms with Crippen LogP contribution >= 0.6 is 20.2 Å². The summed E-state index contributed by atoms with van der Waals surface area (Å²) in [5.41, 5.74) is 0. The number of amides is 1. The molecule has 0 aromatic rings. The topological polar surface area (TPSA) is 20.3 Å². The summed E-state index contributed by atoms with van der Waals surface area (Å²) in [6.07, 6.45) is 0.750. The zero-order chi connectivity index (χ0) is 6.99. The molecule has 0 saturated heterocycles. The molecule has 0 aromatic carbocycles. The Hall–Kier alpha value is 0.569. The van der Waals surface area contributed by atoms with Gasteiger partial charge >= 0.3 is 33.3 Å². The molecule has 8 heavy (non-hydrogen) atoms. The summed E-state index contributed by atoms with van der Waals surface area (Å²) < 4.78 is 0. The van der Waals surface area contributed by atoms with Crippen LogP contribution in [0.2, 0.25) is 0 Å². The fraction of sp³-hybridized carbons (Fsp3) is 0.667. The van der Waals surface area contributed by atoms with E-state index >= 15 is 0 Å². The van der Waals surface area contributed by atoms with Gasteiger partial charge in [-0.1, -0.05) is 0 Å². The minimum absolute atomic E-state index is 0.750. The van der Waals surface area contributed by atoms with Gasteiger partial charge in [-0.05, 0) is 0 Å². The van der Waals surface area contributed by atoms with E-state index in [1.165, 1.54) is 4.90 Å². The van der Waals surface area contributed by atoms with Gasteiger partial charge in [-0.3, -0.25) is 4.79 Å². The third kappa shape index (κ3) is 30.9. The van der Waals surface area contributed by atoms with Crippen LogP contribution in [0, 0.1) is 0 Å². The van der Waals surface area contributed by atoms with E-state index in [1.807, 2.05) is 0 Å². The van der Waals surface area contributed by atoms with Gasteiger partial charge in [-0.2, -0.15) is 0 Å². The second-order valence-corrected chi connectivity index (χ2v) is 2.67. The van der Waals surface area contributed by atoms with Crippen LogP contribution in [0.3, 0.4) is 0 Å². The van der Waals surface area contributed by atoms with Crippen molar-refractivity contribution in [2.75, 3.05) is 14.1 Å². The molecule has 0 saturated carbocycles. The van der Waals surface area contributed by atoms with Gasteiger partial charge in [0.05, 0.1) is 0 Å². The zero-order valence-electron chi connectivity index (χ0n) is 4.49.